The Morgan fingerprint density at radius 2 is 1.62 bits per heavy atom. The summed E-state index contributed by atoms with van der Waals surface area (Å²) in [5.41, 5.74) is 4.25. The lowest BCUT2D eigenvalue weighted by Crippen LogP contribution is -2.29. The SMILES string of the molecule is Cc1ccc(S(=O)(=O)N2CCc3cc(N4CCCC4)ccc32)cc1. The van der Waals surface area contributed by atoms with E-state index in [-0.39, 0.29) is 0 Å². The highest BCUT2D eigenvalue weighted by atomic mass is 32.2. The zero-order chi connectivity index (χ0) is 16.7. The Kier molecular flexibility index (Phi) is 3.76. The smallest absolute Gasteiger partial charge is 0.264 e. The maximum Gasteiger partial charge on any atom is 0.264 e. The third-order valence-corrected chi connectivity index (χ3v) is 6.82. The minimum absolute atomic E-state index is 0.365. The lowest BCUT2D eigenvalue weighted by atomic mass is 10.1. The van der Waals surface area contributed by atoms with E-state index in [4.69, 9.17) is 0 Å². The molecule has 2 aliphatic rings. The molecule has 4 nitrogen and oxygen atoms in total. The standard InChI is InChI=1S/C19H22N2O2S/c1-15-4-7-18(8-5-15)24(22,23)21-13-10-16-14-17(6-9-19(16)21)20-11-2-3-12-20/h4-9,14H,2-3,10-13H2,1H3. The number of anilines is 2. The second kappa shape index (κ2) is 5.81. The molecule has 0 aliphatic carbocycles. The first kappa shape index (κ1) is 15.5. The van der Waals surface area contributed by atoms with Crippen molar-refractivity contribution in [1.82, 2.24) is 0 Å². The molecule has 0 unspecified atom stereocenters. The van der Waals surface area contributed by atoms with Gasteiger partial charge in [-0.05, 0) is 62.1 Å². The molecule has 5 heteroatoms. The second-order valence-corrected chi connectivity index (χ2v) is 8.51. The normalized spacial score (nSPS) is 17.4. The van der Waals surface area contributed by atoms with Gasteiger partial charge in [-0.25, -0.2) is 8.42 Å². The number of rotatable bonds is 3. The van der Waals surface area contributed by atoms with Gasteiger partial charge < -0.3 is 4.90 Å². The van der Waals surface area contributed by atoms with Crippen LogP contribution in [0.5, 0.6) is 0 Å². The van der Waals surface area contributed by atoms with Gasteiger partial charge in [-0.2, -0.15) is 0 Å². The minimum atomic E-state index is -3.48. The summed E-state index contributed by atoms with van der Waals surface area (Å²) in [7, 11) is -3.48. The summed E-state index contributed by atoms with van der Waals surface area (Å²) in [5.74, 6) is 0. The summed E-state index contributed by atoms with van der Waals surface area (Å²) in [6.07, 6.45) is 3.26. The molecular formula is C19H22N2O2S. The van der Waals surface area contributed by atoms with E-state index >= 15 is 0 Å². The Morgan fingerprint density at radius 1 is 0.917 bits per heavy atom. The maximum absolute atomic E-state index is 13.0. The molecule has 0 saturated carbocycles. The van der Waals surface area contributed by atoms with Gasteiger partial charge in [0.1, 0.15) is 0 Å². The molecule has 2 heterocycles. The second-order valence-electron chi connectivity index (χ2n) is 6.65. The van der Waals surface area contributed by atoms with Crippen LogP contribution in [-0.4, -0.2) is 28.1 Å². The van der Waals surface area contributed by atoms with Gasteiger partial charge >= 0.3 is 0 Å². The van der Waals surface area contributed by atoms with E-state index in [1.165, 1.54) is 18.5 Å². The first-order valence-electron chi connectivity index (χ1n) is 8.53. The van der Waals surface area contributed by atoms with Crippen LogP contribution >= 0.6 is 0 Å². The molecule has 2 aliphatic heterocycles. The van der Waals surface area contributed by atoms with Crippen LogP contribution in [0.2, 0.25) is 0 Å². The van der Waals surface area contributed by atoms with Crippen LogP contribution in [0.4, 0.5) is 11.4 Å². The number of benzene rings is 2. The molecule has 2 aromatic rings. The molecule has 24 heavy (non-hydrogen) atoms. The highest BCUT2D eigenvalue weighted by Gasteiger charge is 2.31. The summed E-state index contributed by atoms with van der Waals surface area (Å²) < 4.78 is 27.5. The van der Waals surface area contributed by atoms with Gasteiger partial charge in [0.25, 0.3) is 10.0 Å². The van der Waals surface area contributed by atoms with Crippen LogP contribution in [-0.2, 0) is 16.4 Å². The first-order valence-corrected chi connectivity index (χ1v) is 9.97. The van der Waals surface area contributed by atoms with Crippen LogP contribution in [0.1, 0.15) is 24.0 Å². The number of hydrogen-bond donors (Lipinski definition) is 0. The van der Waals surface area contributed by atoms with Crippen molar-refractivity contribution in [1.29, 1.82) is 0 Å². The molecule has 4 rings (SSSR count). The molecule has 0 amide bonds. The van der Waals surface area contributed by atoms with Crippen molar-refractivity contribution >= 4 is 21.4 Å². The molecule has 0 aromatic heterocycles. The van der Waals surface area contributed by atoms with E-state index in [2.05, 4.69) is 17.0 Å². The van der Waals surface area contributed by atoms with Gasteiger partial charge in [0.2, 0.25) is 0 Å². The van der Waals surface area contributed by atoms with Crippen LogP contribution in [0.3, 0.4) is 0 Å². The van der Waals surface area contributed by atoms with E-state index in [1.54, 1.807) is 16.4 Å². The van der Waals surface area contributed by atoms with E-state index < -0.39 is 10.0 Å². The summed E-state index contributed by atoms with van der Waals surface area (Å²) in [5, 5.41) is 0. The highest BCUT2D eigenvalue weighted by molar-refractivity contribution is 7.92. The van der Waals surface area contributed by atoms with E-state index in [9.17, 15) is 8.42 Å². The number of sulfonamides is 1. The summed E-state index contributed by atoms with van der Waals surface area (Å²) in [4.78, 5) is 2.75. The topological polar surface area (TPSA) is 40.6 Å². The van der Waals surface area contributed by atoms with Gasteiger partial charge in [0.05, 0.1) is 10.6 Å². The number of fused-ring (bicyclic) bond motifs is 1. The lowest BCUT2D eigenvalue weighted by molar-refractivity contribution is 0.592. The zero-order valence-electron chi connectivity index (χ0n) is 13.9. The molecule has 0 N–H and O–H groups in total. The minimum Gasteiger partial charge on any atom is -0.372 e. The van der Waals surface area contributed by atoms with Crippen LogP contribution in [0, 0.1) is 6.92 Å². The molecule has 2 aromatic carbocycles. The Bertz CT molecular complexity index is 853. The van der Waals surface area contributed by atoms with Crippen LogP contribution in [0.25, 0.3) is 0 Å². The highest BCUT2D eigenvalue weighted by Crippen LogP contribution is 2.36. The Labute approximate surface area is 143 Å². The van der Waals surface area contributed by atoms with Crippen molar-refractivity contribution in [3.63, 3.8) is 0 Å². The van der Waals surface area contributed by atoms with Crippen molar-refractivity contribution in [2.75, 3.05) is 28.8 Å². The monoisotopic (exact) mass is 342 g/mol. The average Bonchev–Trinajstić information content (AvgIpc) is 3.24. The predicted octanol–water partition coefficient (Wildman–Crippen LogP) is 3.35. The molecule has 0 spiro atoms. The molecular weight excluding hydrogens is 320 g/mol. The van der Waals surface area contributed by atoms with E-state index in [0.29, 0.717) is 11.4 Å². The summed E-state index contributed by atoms with van der Waals surface area (Å²) >= 11 is 0. The summed E-state index contributed by atoms with van der Waals surface area (Å²) in [6.45, 7) is 4.69. The van der Waals surface area contributed by atoms with Crippen molar-refractivity contribution in [2.45, 2.75) is 31.1 Å². The fourth-order valence-electron chi connectivity index (χ4n) is 3.62. The van der Waals surface area contributed by atoms with Crippen molar-refractivity contribution in [3.8, 4) is 0 Å². The first-order chi connectivity index (χ1) is 11.6. The lowest BCUT2D eigenvalue weighted by Gasteiger charge is -2.22. The Morgan fingerprint density at radius 3 is 2.33 bits per heavy atom. The molecule has 0 atom stereocenters. The van der Waals surface area contributed by atoms with E-state index in [0.717, 1.165) is 36.3 Å². The molecule has 0 radical (unpaired) electrons. The third kappa shape index (κ3) is 2.57. The number of hydrogen-bond acceptors (Lipinski definition) is 3. The summed E-state index contributed by atoms with van der Waals surface area (Å²) in [6, 6.07) is 13.3. The third-order valence-electron chi connectivity index (χ3n) is 5.00. The van der Waals surface area contributed by atoms with Crippen molar-refractivity contribution in [3.05, 3.63) is 53.6 Å². The number of aryl methyl sites for hydroxylation is 1. The average molecular weight is 342 g/mol. The zero-order valence-corrected chi connectivity index (χ0v) is 14.7. The Balaban J connectivity index is 1.67. The number of nitrogens with zero attached hydrogens (tertiary/aromatic N) is 2. The quantitative estimate of drug-likeness (QED) is 0.859. The largest absolute Gasteiger partial charge is 0.372 e. The van der Waals surface area contributed by atoms with Crippen molar-refractivity contribution in [2.24, 2.45) is 0 Å². The molecule has 1 saturated heterocycles. The van der Waals surface area contributed by atoms with Gasteiger partial charge in [0.15, 0.2) is 0 Å². The van der Waals surface area contributed by atoms with Crippen LogP contribution in [0.15, 0.2) is 47.4 Å². The molecule has 0 bridgehead atoms. The van der Waals surface area contributed by atoms with Crippen LogP contribution < -0.4 is 9.21 Å². The van der Waals surface area contributed by atoms with Crippen molar-refractivity contribution < 1.29 is 8.42 Å². The molecule has 126 valence electrons. The van der Waals surface area contributed by atoms with Gasteiger partial charge in [-0.15, -0.1) is 0 Å². The predicted molar refractivity (Wildman–Crippen MR) is 97.3 cm³/mol. The molecule has 1 fully saturated rings. The van der Waals surface area contributed by atoms with Gasteiger partial charge in [-0.1, -0.05) is 17.7 Å². The fraction of sp³-hybridized carbons (Fsp3) is 0.368. The van der Waals surface area contributed by atoms with E-state index in [1.807, 2.05) is 25.1 Å². The Hall–Kier alpha value is -2.01. The van der Waals surface area contributed by atoms with Gasteiger partial charge in [0, 0.05) is 25.3 Å². The maximum atomic E-state index is 13.0. The van der Waals surface area contributed by atoms with Gasteiger partial charge in [-0.3, -0.25) is 4.31 Å². The fourth-order valence-corrected chi connectivity index (χ4v) is 5.12.